The Kier molecular flexibility index (Phi) is 4.66. The highest BCUT2D eigenvalue weighted by atomic mass is 16.3. The standard InChI is InChI=1S/C19H29NO/c1-14-8-9-15(2)20(13-14)18-12-17(10-11-19(18)21)16-6-4-3-5-7-16/h3-7,14-15,17-19,21H,8-13H2,1-2H3. The quantitative estimate of drug-likeness (QED) is 0.894. The molecule has 3 rings (SSSR count). The minimum Gasteiger partial charge on any atom is -0.391 e. The molecule has 5 atom stereocenters. The van der Waals surface area contributed by atoms with Gasteiger partial charge in [-0.1, -0.05) is 37.3 Å². The van der Waals surface area contributed by atoms with Crippen molar-refractivity contribution in [2.45, 2.75) is 70.1 Å². The molecule has 2 aliphatic rings. The molecule has 1 saturated carbocycles. The van der Waals surface area contributed by atoms with E-state index in [-0.39, 0.29) is 6.10 Å². The van der Waals surface area contributed by atoms with Crippen LogP contribution in [0.1, 0.15) is 57.4 Å². The summed E-state index contributed by atoms with van der Waals surface area (Å²) in [5.41, 5.74) is 1.45. The lowest BCUT2D eigenvalue weighted by molar-refractivity contribution is -0.0259. The van der Waals surface area contributed by atoms with Crippen molar-refractivity contribution in [2.75, 3.05) is 6.54 Å². The Hall–Kier alpha value is -0.860. The van der Waals surface area contributed by atoms with Crippen LogP contribution in [-0.2, 0) is 0 Å². The maximum Gasteiger partial charge on any atom is 0.0695 e. The largest absolute Gasteiger partial charge is 0.391 e. The fourth-order valence-electron chi connectivity index (χ4n) is 4.30. The van der Waals surface area contributed by atoms with E-state index in [1.165, 1.54) is 18.4 Å². The summed E-state index contributed by atoms with van der Waals surface area (Å²) in [5, 5.41) is 10.5. The first kappa shape index (κ1) is 15.1. The van der Waals surface area contributed by atoms with Crippen LogP contribution < -0.4 is 0 Å². The number of aliphatic hydroxyl groups excluding tert-OH is 1. The van der Waals surface area contributed by atoms with E-state index in [0.29, 0.717) is 18.0 Å². The highest BCUT2D eigenvalue weighted by Crippen LogP contribution is 2.37. The van der Waals surface area contributed by atoms with E-state index in [0.717, 1.165) is 31.7 Å². The van der Waals surface area contributed by atoms with Crippen molar-refractivity contribution in [2.24, 2.45) is 5.92 Å². The lowest BCUT2D eigenvalue weighted by Crippen LogP contribution is -2.54. The van der Waals surface area contributed by atoms with Crippen molar-refractivity contribution in [3.8, 4) is 0 Å². The third kappa shape index (κ3) is 3.32. The number of hydrogen-bond acceptors (Lipinski definition) is 2. The number of benzene rings is 1. The van der Waals surface area contributed by atoms with Gasteiger partial charge in [0.1, 0.15) is 0 Å². The van der Waals surface area contributed by atoms with E-state index in [4.69, 9.17) is 0 Å². The molecule has 2 nitrogen and oxygen atoms in total. The average Bonchev–Trinajstić information content (AvgIpc) is 2.51. The summed E-state index contributed by atoms with van der Waals surface area (Å²) in [6.45, 7) is 5.85. The van der Waals surface area contributed by atoms with Crippen LogP contribution in [0.25, 0.3) is 0 Å². The first-order chi connectivity index (χ1) is 10.1. The summed E-state index contributed by atoms with van der Waals surface area (Å²) in [7, 11) is 0. The maximum absolute atomic E-state index is 10.5. The van der Waals surface area contributed by atoms with Crippen LogP contribution in [-0.4, -0.2) is 34.7 Å². The van der Waals surface area contributed by atoms with Crippen LogP contribution in [0.4, 0.5) is 0 Å². The Balaban J connectivity index is 1.74. The molecular formula is C19H29NO. The molecule has 0 bridgehead atoms. The minimum absolute atomic E-state index is 0.141. The van der Waals surface area contributed by atoms with Crippen LogP contribution in [0, 0.1) is 5.92 Å². The average molecular weight is 287 g/mol. The van der Waals surface area contributed by atoms with E-state index >= 15 is 0 Å². The summed E-state index contributed by atoms with van der Waals surface area (Å²) < 4.78 is 0. The van der Waals surface area contributed by atoms with Gasteiger partial charge in [0.15, 0.2) is 0 Å². The number of piperidine rings is 1. The second kappa shape index (κ2) is 6.50. The number of rotatable bonds is 2. The highest BCUT2D eigenvalue weighted by molar-refractivity contribution is 5.20. The van der Waals surface area contributed by atoms with Crippen LogP contribution in [0.5, 0.6) is 0 Å². The predicted molar refractivity (Wildman–Crippen MR) is 87.4 cm³/mol. The third-order valence-electron chi connectivity index (χ3n) is 5.64. The van der Waals surface area contributed by atoms with Gasteiger partial charge >= 0.3 is 0 Å². The Labute approximate surface area is 129 Å². The molecule has 21 heavy (non-hydrogen) atoms. The minimum atomic E-state index is -0.141. The van der Waals surface area contributed by atoms with E-state index in [2.05, 4.69) is 49.1 Å². The molecule has 0 amide bonds. The van der Waals surface area contributed by atoms with Gasteiger partial charge in [-0.2, -0.15) is 0 Å². The van der Waals surface area contributed by atoms with Crippen molar-refractivity contribution < 1.29 is 5.11 Å². The van der Waals surface area contributed by atoms with Gasteiger partial charge in [-0.3, -0.25) is 4.90 Å². The zero-order valence-corrected chi connectivity index (χ0v) is 13.4. The zero-order chi connectivity index (χ0) is 14.8. The lowest BCUT2D eigenvalue weighted by atomic mass is 9.78. The van der Waals surface area contributed by atoms with Gasteiger partial charge in [-0.05, 0) is 56.4 Å². The molecule has 1 aromatic rings. The highest BCUT2D eigenvalue weighted by Gasteiger charge is 2.37. The van der Waals surface area contributed by atoms with Crippen molar-refractivity contribution in [3.63, 3.8) is 0 Å². The molecular weight excluding hydrogens is 258 g/mol. The van der Waals surface area contributed by atoms with Crippen molar-refractivity contribution in [1.29, 1.82) is 0 Å². The Bertz CT molecular complexity index is 446. The van der Waals surface area contributed by atoms with Crippen LogP contribution in [0.3, 0.4) is 0 Å². The molecule has 1 aliphatic heterocycles. The van der Waals surface area contributed by atoms with Crippen molar-refractivity contribution in [1.82, 2.24) is 4.90 Å². The molecule has 2 heteroatoms. The monoisotopic (exact) mass is 287 g/mol. The molecule has 0 spiro atoms. The van der Waals surface area contributed by atoms with Crippen LogP contribution in [0.2, 0.25) is 0 Å². The van der Waals surface area contributed by atoms with Crippen LogP contribution in [0.15, 0.2) is 30.3 Å². The van der Waals surface area contributed by atoms with Gasteiger partial charge in [0, 0.05) is 18.6 Å². The number of aliphatic hydroxyl groups is 1. The van der Waals surface area contributed by atoms with Gasteiger partial charge in [0.2, 0.25) is 0 Å². The van der Waals surface area contributed by atoms with Gasteiger partial charge < -0.3 is 5.11 Å². The summed E-state index contributed by atoms with van der Waals surface area (Å²) in [4.78, 5) is 2.61. The second-order valence-corrected chi connectivity index (χ2v) is 7.28. The SMILES string of the molecule is CC1CCC(C)N(C2CC(c3ccccc3)CCC2O)C1. The zero-order valence-electron chi connectivity index (χ0n) is 13.4. The molecule has 1 N–H and O–H groups in total. The maximum atomic E-state index is 10.5. The fourth-order valence-corrected chi connectivity index (χ4v) is 4.30. The topological polar surface area (TPSA) is 23.5 Å². The van der Waals surface area contributed by atoms with Crippen LogP contribution >= 0.6 is 0 Å². The Morgan fingerprint density at radius 1 is 1.00 bits per heavy atom. The summed E-state index contributed by atoms with van der Waals surface area (Å²) in [5.74, 6) is 1.38. The number of hydrogen-bond donors (Lipinski definition) is 1. The Morgan fingerprint density at radius 3 is 2.52 bits per heavy atom. The molecule has 1 heterocycles. The first-order valence-electron chi connectivity index (χ1n) is 8.64. The van der Waals surface area contributed by atoms with Crippen molar-refractivity contribution >= 4 is 0 Å². The van der Waals surface area contributed by atoms with E-state index in [9.17, 15) is 5.11 Å². The predicted octanol–water partition coefficient (Wildman–Crippen LogP) is 3.80. The fraction of sp³-hybridized carbons (Fsp3) is 0.684. The van der Waals surface area contributed by atoms with E-state index < -0.39 is 0 Å². The smallest absolute Gasteiger partial charge is 0.0695 e. The molecule has 1 aliphatic carbocycles. The number of nitrogens with zero attached hydrogens (tertiary/aromatic N) is 1. The number of likely N-dealkylation sites (tertiary alicyclic amines) is 1. The van der Waals surface area contributed by atoms with E-state index in [1.54, 1.807) is 0 Å². The summed E-state index contributed by atoms with van der Waals surface area (Å²) in [6.07, 6.45) is 5.66. The summed E-state index contributed by atoms with van der Waals surface area (Å²) in [6, 6.07) is 11.8. The molecule has 0 radical (unpaired) electrons. The van der Waals surface area contributed by atoms with Gasteiger partial charge in [0.25, 0.3) is 0 Å². The molecule has 1 aromatic carbocycles. The normalized spacial score (nSPS) is 38.3. The molecule has 116 valence electrons. The van der Waals surface area contributed by atoms with Crippen molar-refractivity contribution in [3.05, 3.63) is 35.9 Å². The molecule has 0 aromatic heterocycles. The third-order valence-corrected chi connectivity index (χ3v) is 5.64. The summed E-state index contributed by atoms with van der Waals surface area (Å²) >= 11 is 0. The van der Waals surface area contributed by atoms with E-state index in [1.807, 2.05) is 0 Å². The molecule has 5 unspecified atom stereocenters. The molecule has 1 saturated heterocycles. The molecule has 2 fully saturated rings. The van der Waals surface area contributed by atoms with Gasteiger partial charge in [-0.25, -0.2) is 0 Å². The first-order valence-corrected chi connectivity index (χ1v) is 8.64. The van der Waals surface area contributed by atoms with Gasteiger partial charge in [0.05, 0.1) is 6.10 Å². The van der Waals surface area contributed by atoms with Gasteiger partial charge in [-0.15, -0.1) is 0 Å². The Morgan fingerprint density at radius 2 is 1.76 bits per heavy atom. The lowest BCUT2D eigenvalue weighted by Gasteiger charge is -2.47. The second-order valence-electron chi connectivity index (χ2n) is 7.28.